The summed E-state index contributed by atoms with van der Waals surface area (Å²) < 4.78 is 38.7. The maximum atomic E-state index is 13.1. The zero-order chi connectivity index (χ0) is 25.0. The van der Waals surface area contributed by atoms with Crippen LogP contribution in [0.1, 0.15) is 40.4 Å². The highest BCUT2D eigenvalue weighted by molar-refractivity contribution is 6.08. The number of hydrogen-bond donors (Lipinski definition) is 3. The fraction of sp³-hybridized carbons (Fsp3) is 0.259. The molecular formula is C27H26F3N3O2. The fourth-order valence-corrected chi connectivity index (χ4v) is 4.24. The second kappa shape index (κ2) is 10.2. The van der Waals surface area contributed by atoms with E-state index in [1.807, 2.05) is 25.1 Å². The number of hydrogen-bond acceptors (Lipinski definition) is 2. The Morgan fingerprint density at radius 1 is 0.943 bits per heavy atom. The predicted molar refractivity (Wildman–Crippen MR) is 129 cm³/mol. The van der Waals surface area contributed by atoms with Gasteiger partial charge < -0.3 is 16.0 Å². The number of fused-ring (bicyclic) bond motifs is 1. The Morgan fingerprint density at radius 2 is 1.66 bits per heavy atom. The first-order valence-electron chi connectivity index (χ1n) is 11.5. The van der Waals surface area contributed by atoms with Crippen molar-refractivity contribution in [1.29, 1.82) is 0 Å². The Kier molecular flexibility index (Phi) is 7.10. The Labute approximate surface area is 201 Å². The van der Waals surface area contributed by atoms with E-state index < -0.39 is 11.7 Å². The van der Waals surface area contributed by atoms with Crippen LogP contribution >= 0.6 is 0 Å². The van der Waals surface area contributed by atoms with E-state index in [-0.39, 0.29) is 18.0 Å². The van der Waals surface area contributed by atoms with Gasteiger partial charge in [-0.25, -0.2) is 4.79 Å². The molecule has 1 unspecified atom stereocenters. The zero-order valence-electron chi connectivity index (χ0n) is 19.2. The molecule has 3 N–H and O–H groups in total. The van der Waals surface area contributed by atoms with Gasteiger partial charge in [0.25, 0.3) is 5.91 Å². The van der Waals surface area contributed by atoms with Crippen LogP contribution in [0.25, 0.3) is 11.1 Å². The fourth-order valence-electron chi connectivity index (χ4n) is 4.24. The highest BCUT2D eigenvalue weighted by Crippen LogP contribution is 2.32. The zero-order valence-corrected chi connectivity index (χ0v) is 19.2. The number of rotatable bonds is 6. The van der Waals surface area contributed by atoms with E-state index in [1.54, 1.807) is 24.3 Å². The van der Waals surface area contributed by atoms with Gasteiger partial charge in [0.15, 0.2) is 0 Å². The van der Waals surface area contributed by atoms with Crippen LogP contribution in [-0.4, -0.2) is 24.5 Å². The first kappa shape index (κ1) is 24.3. The van der Waals surface area contributed by atoms with Crippen molar-refractivity contribution in [3.05, 3.63) is 89.0 Å². The van der Waals surface area contributed by atoms with E-state index in [4.69, 9.17) is 0 Å². The monoisotopic (exact) mass is 481 g/mol. The quantitative estimate of drug-likeness (QED) is 0.416. The predicted octanol–water partition coefficient (Wildman–Crippen LogP) is 5.80. The summed E-state index contributed by atoms with van der Waals surface area (Å²) in [7, 11) is 0. The molecule has 0 saturated heterocycles. The SMILES string of the molecule is CCCNC(=O)NC1Cc2ccc(NC(=O)c3ccccc3-c3ccc(C(F)(F)F)cc3)cc2C1. The van der Waals surface area contributed by atoms with Gasteiger partial charge in [-0.05, 0) is 71.8 Å². The highest BCUT2D eigenvalue weighted by Gasteiger charge is 2.30. The first-order chi connectivity index (χ1) is 16.7. The summed E-state index contributed by atoms with van der Waals surface area (Å²) in [6.07, 6.45) is -2.17. The number of halogens is 3. The van der Waals surface area contributed by atoms with Crippen molar-refractivity contribution < 1.29 is 22.8 Å². The number of anilines is 1. The first-order valence-corrected chi connectivity index (χ1v) is 11.5. The number of urea groups is 1. The molecule has 0 aliphatic heterocycles. The number of carbonyl (C=O) groups excluding carboxylic acids is 2. The lowest BCUT2D eigenvalue weighted by Crippen LogP contribution is -2.42. The van der Waals surface area contributed by atoms with Crippen molar-refractivity contribution in [2.75, 3.05) is 11.9 Å². The van der Waals surface area contributed by atoms with Gasteiger partial charge in [0.1, 0.15) is 0 Å². The summed E-state index contributed by atoms with van der Waals surface area (Å²) in [5, 5.41) is 8.68. The van der Waals surface area contributed by atoms with Crippen molar-refractivity contribution in [1.82, 2.24) is 10.6 Å². The Hall–Kier alpha value is -3.81. The van der Waals surface area contributed by atoms with Crippen LogP contribution in [0.2, 0.25) is 0 Å². The van der Waals surface area contributed by atoms with Gasteiger partial charge in [0.05, 0.1) is 5.56 Å². The van der Waals surface area contributed by atoms with Gasteiger partial charge in [0, 0.05) is 23.8 Å². The van der Waals surface area contributed by atoms with E-state index >= 15 is 0 Å². The number of nitrogens with one attached hydrogen (secondary N) is 3. The van der Waals surface area contributed by atoms with E-state index in [0.717, 1.165) is 36.1 Å². The molecule has 1 aliphatic rings. The molecule has 1 atom stereocenters. The minimum absolute atomic E-state index is 0.00629. The second-order valence-corrected chi connectivity index (χ2v) is 8.56. The van der Waals surface area contributed by atoms with Gasteiger partial charge in [-0.15, -0.1) is 0 Å². The summed E-state index contributed by atoms with van der Waals surface area (Å²) in [6.45, 7) is 2.61. The molecule has 1 aliphatic carbocycles. The average molecular weight is 482 g/mol. The van der Waals surface area contributed by atoms with Gasteiger partial charge in [0.2, 0.25) is 0 Å². The lowest BCUT2D eigenvalue weighted by atomic mass is 9.98. The maximum Gasteiger partial charge on any atom is 0.416 e. The van der Waals surface area contributed by atoms with E-state index in [0.29, 0.717) is 35.3 Å². The van der Waals surface area contributed by atoms with Crippen LogP contribution in [0.15, 0.2) is 66.7 Å². The number of amides is 3. The minimum atomic E-state index is -4.42. The van der Waals surface area contributed by atoms with Crippen LogP contribution in [0.5, 0.6) is 0 Å². The molecule has 5 nitrogen and oxygen atoms in total. The van der Waals surface area contributed by atoms with Crippen molar-refractivity contribution in [2.45, 2.75) is 38.4 Å². The average Bonchev–Trinajstić information content (AvgIpc) is 3.23. The largest absolute Gasteiger partial charge is 0.416 e. The van der Waals surface area contributed by atoms with Crippen LogP contribution in [0, 0.1) is 0 Å². The minimum Gasteiger partial charge on any atom is -0.338 e. The molecule has 35 heavy (non-hydrogen) atoms. The van der Waals surface area contributed by atoms with Crippen LogP contribution in [0.3, 0.4) is 0 Å². The lowest BCUT2D eigenvalue weighted by Gasteiger charge is -2.13. The molecule has 0 aromatic heterocycles. The van der Waals surface area contributed by atoms with Crippen LogP contribution in [0.4, 0.5) is 23.7 Å². The van der Waals surface area contributed by atoms with Gasteiger partial charge >= 0.3 is 12.2 Å². The summed E-state index contributed by atoms with van der Waals surface area (Å²) in [6, 6.07) is 17.0. The molecule has 4 rings (SSSR count). The van der Waals surface area contributed by atoms with E-state index in [1.165, 1.54) is 12.1 Å². The van der Waals surface area contributed by atoms with Crippen molar-refractivity contribution in [3.8, 4) is 11.1 Å². The molecule has 0 spiro atoms. The third kappa shape index (κ3) is 5.82. The third-order valence-corrected chi connectivity index (χ3v) is 5.96. The summed E-state index contributed by atoms with van der Waals surface area (Å²) >= 11 is 0. The van der Waals surface area contributed by atoms with Gasteiger partial charge in [-0.1, -0.05) is 43.3 Å². The van der Waals surface area contributed by atoms with E-state index in [2.05, 4.69) is 16.0 Å². The molecule has 0 heterocycles. The van der Waals surface area contributed by atoms with Crippen LogP contribution < -0.4 is 16.0 Å². The summed E-state index contributed by atoms with van der Waals surface area (Å²) in [5.74, 6) is -0.355. The smallest absolute Gasteiger partial charge is 0.338 e. The standard InChI is InChI=1S/C27H26F3N3O2/c1-2-13-31-26(35)33-22-14-18-9-12-21(15-19(18)16-22)32-25(34)24-6-4-3-5-23(24)17-7-10-20(11-8-17)27(28,29)30/h3-12,15,22H,2,13-14,16H2,1H3,(H,32,34)(H2,31,33,35). The van der Waals surface area contributed by atoms with Crippen molar-refractivity contribution in [2.24, 2.45) is 0 Å². The summed E-state index contributed by atoms with van der Waals surface area (Å²) in [4.78, 5) is 25.0. The molecule has 3 amide bonds. The Morgan fingerprint density at radius 3 is 2.37 bits per heavy atom. The topological polar surface area (TPSA) is 70.2 Å². The number of carbonyl (C=O) groups is 2. The molecular weight excluding hydrogens is 455 g/mol. The second-order valence-electron chi connectivity index (χ2n) is 8.56. The van der Waals surface area contributed by atoms with Gasteiger partial charge in [-0.3, -0.25) is 4.79 Å². The van der Waals surface area contributed by atoms with Crippen molar-refractivity contribution in [3.63, 3.8) is 0 Å². The van der Waals surface area contributed by atoms with Crippen LogP contribution in [-0.2, 0) is 19.0 Å². The highest BCUT2D eigenvalue weighted by atomic mass is 19.4. The lowest BCUT2D eigenvalue weighted by molar-refractivity contribution is -0.137. The molecule has 0 radical (unpaired) electrons. The molecule has 0 saturated carbocycles. The molecule has 3 aromatic rings. The maximum absolute atomic E-state index is 13.1. The Balaban J connectivity index is 1.47. The van der Waals surface area contributed by atoms with E-state index in [9.17, 15) is 22.8 Å². The number of alkyl halides is 3. The number of benzene rings is 3. The third-order valence-electron chi connectivity index (χ3n) is 5.96. The van der Waals surface area contributed by atoms with Crippen molar-refractivity contribution >= 4 is 17.6 Å². The molecule has 0 bridgehead atoms. The Bertz CT molecular complexity index is 1220. The normalized spacial score (nSPS) is 14.8. The molecule has 182 valence electrons. The van der Waals surface area contributed by atoms with Gasteiger partial charge in [-0.2, -0.15) is 13.2 Å². The molecule has 8 heteroatoms. The molecule has 0 fully saturated rings. The molecule has 3 aromatic carbocycles. The summed E-state index contributed by atoms with van der Waals surface area (Å²) in [5.41, 5.74) is 3.48.